The van der Waals surface area contributed by atoms with Gasteiger partial charge in [0, 0.05) is 37.2 Å². The molecule has 3 heterocycles. The number of nitriles is 1. The van der Waals surface area contributed by atoms with Gasteiger partial charge in [0.25, 0.3) is 0 Å². The van der Waals surface area contributed by atoms with Crippen LogP contribution in [0.15, 0.2) is 49.2 Å². The Morgan fingerprint density at radius 1 is 1.32 bits per heavy atom. The molecule has 25 heavy (non-hydrogen) atoms. The monoisotopic (exact) mass is 332 g/mol. The third-order valence-electron chi connectivity index (χ3n) is 4.24. The molecular formula is C18H16N6O. The van der Waals surface area contributed by atoms with Gasteiger partial charge in [-0.2, -0.15) is 5.26 Å². The molecule has 4 rings (SSSR count). The summed E-state index contributed by atoms with van der Waals surface area (Å²) in [7, 11) is 0. The smallest absolute Gasteiger partial charge is 0.249 e. The molecule has 0 saturated heterocycles. The minimum Gasteiger partial charge on any atom is -0.328 e. The lowest BCUT2D eigenvalue weighted by atomic mass is 10.1. The lowest BCUT2D eigenvalue weighted by Gasteiger charge is -2.27. The molecular weight excluding hydrogens is 316 g/mol. The van der Waals surface area contributed by atoms with E-state index in [-0.39, 0.29) is 12.5 Å². The molecule has 124 valence electrons. The minimum atomic E-state index is -0.0122. The first-order valence-corrected chi connectivity index (χ1v) is 8.08. The van der Waals surface area contributed by atoms with Crippen LogP contribution in [0.1, 0.15) is 12.0 Å². The predicted octanol–water partition coefficient (Wildman–Crippen LogP) is 2.06. The number of nitrogens with zero attached hydrogens (tertiary/aromatic N) is 6. The average Bonchev–Trinajstić information content (AvgIpc) is 3.30. The van der Waals surface area contributed by atoms with Crippen molar-refractivity contribution in [3.05, 3.63) is 54.7 Å². The molecule has 0 fully saturated rings. The van der Waals surface area contributed by atoms with Crippen molar-refractivity contribution in [1.29, 1.82) is 5.26 Å². The highest BCUT2D eigenvalue weighted by atomic mass is 16.2. The van der Waals surface area contributed by atoms with Gasteiger partial charge in [-0.05, 0) is 18.6 Å². The van der Waals surface area contributed by atoms with Gasteiger partial charge in [-0.3, -0.25) is 9.69 Å². The summed E-state index contributed by atoms with van der Waals surface area (Å²) in [4.78, 5) is 23.0. The zero-order valence-corrected chi connectivity index (χ0v) is 13.5. The Kier molecular flexibility index (Phi) is 3.78. The summed E-state index contributed by atoms with van der Waals surface area (Å²) < 4.78 is 3.76. The summed E-state index contributed by atoms with van der Waals surface area (Å²) >= 11 is 0. The number of anilines is 1. The molecule has 0 spiro atoms. The fourth-order valence-corrected chi connectivity index (χ4v) is 3.03. The van der Waals surface area contributed by atoms with Gasteiger partial charge in [-0.15, -0.1) is 0 Å². The molecule has 0 N–H and O–H groups in total. The first-order chi connectivity index (χ1) is 12.2. The standard InChI is InChI=1S/C18H16N6O/c19-10-14-3-1-4-15(9-14)16-11-23-6-2-7-24(18(23)21-16)17(25)12-22-8-5-20-13-22/h1,3-5,8-9,11,13H,2,6-7,12H2. The number of fused-ring (bicyclic) bond motifs is 1. The third kappa shape index (κ3) is 2.90. The third-order valence-corrected chi connectivity index (χ3v) is 4.24. The van der Waals surface area contributed by atoms with Crippen LogP contribution in [-0.2, 0) is 17.9 Å². The molecule has 1 amide bonds. The number of amides is 1. The number of imidazole rings is 2. The molecule has 1 aliphatic heterocycles. The molecule has 7 heteroatoms. The van der Waals surface area contributed by atoms with Gasteiger partial charge in [-0.25, -0.2) is 9.97 Å². The van der Waals surface area contributed by atoms with Gasteiger partial charge in [-0.1, -0.05) is 12.1 Å². The van der Waals surface area contributed by atoms with Crippen LogP contribution in [0.5, 0.6) is 0 Å². The van der Waals surface area contributed by atoms with E-state index in [0.29, 0.717) is 18.1 Å². The lowest BCUT2D eigenvalue weighted by Crippen LogP contribution is -2.39. The van der Waals surface area contributed by atoms with Gasteiger partial charge in [0.1, 0.15) is 6.54 Å². The van der Waals surface area contributed by atoms with Gasteiger partial charge in [0.2, 0.25) is 11.9 Å². The SMILES string of the molecule is N#Cc1cccc(-c2cn3c(n2)N(C(=O)Cn2ccnc2)CCC3)c1. The van der Waals surface area contributed by atoms with E-state index in [1.807, 2.05) is 29.0 Å². The molecule has 0 saturated carbocycles. The molecule has 1 aromatic carbocycles. The Morgan fingerprint density at radius 2 is 2.24 bits per heavy atom. The molecule has 1 aliphatic rings. The number of aromatic nitrogens is 4. The number of benzene rings is 1. The van der Waals surface area contributed by atoms with Crippen molar-refractivity contribution in [1.82, 2.24) is 19.1 Å². The Morgan fingerprint density at radius 3 is 3.04 bits per heavy atom. The topological polar surface area (TPSA) is 79.7 Å². The second-order valence-corrected chi connectivity index (χ2v) is 5.95. The molecule has 0 unspecified atom stereocenters. The summed E-state index contributed by atoms with van der Waals surface area (Å²) in [5, 5.41) is 9.07. The van der Waals surface area contributed by atoms with Crippen LogP contribution in [0.2, 0.25) is 0 Å². The van der Waals surface area contributed by atoms with Crippen molar-refractivity contribution in [3.63, 3.8) is 0 Å². The quantitative estimate of drug-likeness (QED) is 0.735. The zero-order valence-electron chi connectivity index (χ0n) is 13.5. The highest BCUT2D eigenvalue weighted by Gasteiger charge is 2.25. The summed E-state index contributed by atoms with van der Waals surface area (Å²) in [6.45, 7) is 1.73. The highest BCUT2D eigenvalue weighted by Crippen LogP contribution is 2.27. The Labute approximate surface area is 144 Å². The lowest BCUT2D eigenvalue weighted by molar-refractivity contribution is -0.119. The Bertz CT molecular complexity index is 950. The normalized spacial score (nSPS) is 13.3. The van der Waals surface area contributed by atoms with Crippen molar-refractivity contribution < 1.29 is 4.79 Å². The fourth-order valence-electron chi connectivity index (χ4n) is 3.03. The molecule has 7 nitrogen and oxygen atoms in total. The van der Waals surface area contributed by atoms with Crippen molar-refractivity contribution >= 4 is 11.9 Å². The van der Waals surface area contributed by atoms with Crippen LogP contribution < -0.4 is 4.90 Å². The van der Waals surface area contributed by atoms with Crippen LogP contribution in [0.4, 0.5) is 5.95 Å². The zero-order chi connectivity index (χ0) is 17.2. The number of hydrogen-bond donors (Lipinski definition) is 0. The van der Waals surface area contributed by atoms with E-state index in [1.165, 1.54) is 0 Å². The molecule has 2 aromatic heterocycles. The summed E-state index contributed by atoms with van der Waals surface area (Å²) in [5.41, 5.74) is 2.24. The van der Waals surface area contributed by atoms with Crippen LogP contribution in [0.3, 0.4) is 0 Å². The second-order valence-electron chi connectivity index (χ2n) is 5.95. The maximum atomic E-state index is 12.7. The molecule has 0 aliphatic carbocycles. The molecule has 3 aromatic rings. The van der Waals surface area contributed by atoms with E-state index in [1.54, 1.807) is 34.3 Å². The van der Waals surface area contributed by atoms with Gasteiger partial charge < -0.3 is 9.13 Å². The van der Waals surface area contributed by atoms with Crippen molar-refractivity contribution in [2.75, 3.05) is 11.4 Å². The van der Waals surface area contributed by atoms with E-state index in [0.717, 1.165) is 24.2 Å². The van der Waals surface area contributed by atoms with Crippen molar-refractivity contribution in [3.8, 4) is 17.3 Å². The summed E-state index contributed by atoms with van der Waals surface area (Å²) in [6.07, 6.45) is 7.89. The number of rotatable bonds is 3. The molecule has 0 radical (unpaired) electrons. The van der Waals surface area contributed by atoms with Crippen molar-refractivity contribution in [2.45, 2.75) is 19.5 Å². The second kappa shape index (κ2) is 6.24. The van der Waals surface area contributed by atoms with Gasteiger partial charge in [0.05, 0.1) is 23.7 Å². The summed E-state index contributed by atoms with van der Waals surface area (Å²) in [5.74, 6) is 0.649. The Balaban J connectivity index is 1.64. The maximum absolute atomic E-state index is 12.7. The van der Waals surface area contributed by atoms with Crippen LogP contribution in [-0.4, -0.2) is 31.6 Å². The molecule has 0 atom stereocenters. The van der Waals surface area contributed by atoms with Crippen LogP contribution in [0, 0.1) is 11.3 Å². The first kappa shape index (κ1) is 15.1. The summed E-state index contributed by atoms with van der Waals surface area (Å²) in [6, 6.07) is 9.48. The fraction of sp³-hybridized carbons (Fsp3) is 0.222. The average molecular weight is 332 g/mol. The number of carbonyl (C=O) groups excluding carboxylic acids is 1. The first-order valence-electron chi connectivity index (χ1n) is 8.08. The van der Waals surface area contributed by atoms with Crippen LogP contribution in [0.25, 0.3) is 11.3 Å². The minimum absolute atomic E-state index is 0.0122. The number of hydrogen-bond acceptors (Lipinski definition) is 4. The van der Waals surface area contributed by atoms with Gasteiger partial charge >= 0.3 is 0 Å². The van der Waals surface area contributed by atoms with Gasteiger partial charge in [0.15, 0.2) is 0 Å². The van der Waals surface area contributed by atoms with E-state index >= 15 is 0 Å². The predicted molar refractivity (Wildman–Crippen MR) is 91.6 cm³/mol. The van der Waals surface area contributed by atoms with E-state index in [4.69, 9.17) is 5.26 Å². The van der Waals surface area contributed by atoms with E-state index < -0.39 is 0 Å². The Hall–Kier alpha value is -3.40. The van der Waals surface area contributed by atoms with Crippen molar-refractivity contribution in [2.24, 2.45) is 0 Å². The van der Waals surface area contributed by atoms with Crippen LogP contribution >= 0.6 is 0 Å². The largest absolute Gasteiger partial charge is 0.328 e. The van der Waals surface area contributed by atoms with E-state index in [2.05, 4.69) is 16.0 Å². The number of carbonyl (C=O) groups is 1. The number of aryl methyl sites for hydroxylation is 1. The maximum Gasteiger partial charge on any atom is 0.249 e. The van der Waals surface area contributed by atoms with E-state index in [9.17, 15) is 4.79 Å². The molecule has 0 bridgehead atoms. The highest BCUT2D eigenvalue weighted by molar-refractivity contribution is 5.92.